The molecule has 2 heterocycles. The van der Waals surface area contributed by atoms with Crippen LogP contribution in [0.2, 0.25) is 0 Å². The first-order valence-corrected chi connectivity index (χ1v) is 9.21. The van der Waals surface area contributed by atoms with E-state index in [4.69, 9.17) is 4.74 Å². The second kappa shape index (κ2) is 9.70. The summed E-state index contributed by atoms with van der Waals surface area (Å²) in [7, 11) is 0. The lowest BCUT2D eigenvalue weighted by Crippen LogP contribution is -2.31. The van der Waals surface area contributed by atoms with Crippen molar-refractivity contribution in [1.29, 1.82) is 0 Å². The van der Waals surface area contributed by atoms with Crippen LogP contribution in [-0.4, -0.2) is 25.1 Å². The predicted octanol–water partition coefficient (Wildman–Crippen LogP) is 2.27. The maximum absolute atomic E-state index is 12.4. The van der Waals surface area contributed by atoms with Crippen LogP contribution in [0.5, 0.6) is 0 Å². The third kappa shape index (κ3) is 4.84. The highest BCUT2D eigenvalue weighted by Crippen LogP contribution is 2.14. The van der Waals surface area contributed by atoms with Crippen LogP contribution in [0.3, 0.4) is 0 Å². The highest BCUT2D eigenvalue weighted by atomic mass is 16.5. The molecular weight excluding hydrogens is 348 g/mol. The third-order valence-electron chi connectivity index (χ3n) is 4.03. The topological polar surface area (TPSA) is 99.0 Å². The number of nitrogens with one attached hydrogen (secondary N) is 1. The lowest BCUT2D eigenvalue weighted by atomic mass is 10.3. The zero-order chi connectivity index (χ0) is 19.8. The fourth-order valence-corrected chi connectivity index (χ4v) is 2.74. The number of hydrogen-bond acceptors (Lipinski definition) is 5. The summed E-state index contributed by atoms with van der Waals surface area (Å²) in [5.41, 5.74) is -0.279. The summed E-state index contributed by atoms with van der Waals surface area (Å²) in [6.45, 7) is 6.77. The van der Waals surface area contributed by atoms with Gasteiger partial charge in [-0.3, -0.25) is 14.3 Å². The lowest BCUT2D eigenvalue weighted by molar-refractivity contribution is -0.139. The first-order valence-electron chi connectivity index (χ1n) is 9.21. The van der Waals surface area contributed by atoms with Gasteiger partial charge in [-0.2, -0.15) is 0 Å². The van der Waals surface area contributed by atoms with E-state index >= 15 is 0 Å². The largest absolute Gasteiger partial charge is 0.454 e. The molecule has 0 atom stereocenters. The van der Waals surface area contributed by atoms with Crippen LogP contribution in [0.1, 0.15) is 45.9 Å². The Balaban J connectivity index is 2.45. The van der Waals surface area contributed by atoms with E-state index in [-0.39, 0.29) is 6.61 Å². The Hall–Kier alpha value is -2.90. The van der Waals surface area contributed by atoms with Crippen molar-refractivity contribution in [1.82, 2.24) is 19.1 Å². The number of H-pyrrole nitrogens is 1. The highest BCUT2D eigenvalue weighted by Gasteiger charge is 2.18. The number of esters is 1. The minimum atomic E-state index is -0.500. The number of allylic oxidation sites excluding steroid dienone is 3. The van der Waals surface area contributed by atoms with Gasteiger partial charge in [-0.1, -0.05) is 38.5 Å². The summed E-state index contributed by atoms with van der Waals surface area (Å²) in [5, 5.41) is 0. The molecule has 2 rings (SSSR count). The molecule has 146 valence electrons. The molecule has 0 amide bonds. The van der Waals surface area contributed by atoms with Gasteiger partial charge in [0.25, 0.3) is 5.56 Å². The number of aryl methyl sites for hydroxylation is 2. The van der Waals surface area contributed by atoms with Gasteiger partial charge in [-0.25, -0.2) is 14.6 Å². The van der Waals surface area contributed by atoms with Crippen molar-refractivity contribution in [3.05, 3.63) is 51.0 Å². The number of nitrogens with zero attached hydrogens (tertiary/aromatic N) is 3. The molecule has 0 aliphatic rings. The van der Waals surface area contributed by atoms with E-state index in [2.05, 4.69) is 9.97 Å². The summed E-state index contributed by atoms with van der Waals surface area (Å²) in [5.74, 6) is -0.0542. The molecule has 0 fully saturated rings. The molecule has 27 heavy (non-hydrogen) atoms. The van der Waals surface area contributed by atoms with Crippen LogP contribution >= 0.6 is 0 Å². The van der Waals surface area contributed by atoms with Gasteiger partial charge in [0.05, 0.1) is 0 Å². The van der Waals surface area contributed by atoms with Crippen molar-refractivity contribution >= 4 is 17.1 Å². The molecule has 8 heteroatoms. The summed E-state index contributed by atoms with van der Waals surface area (Å²) >= 11 is 0. The number of carbonyl (C=O) groups is 1. The molecule has 0 spiro atoms. The van der Waals surface area contributed by atoms with Gasteiger partial charge in [0.2, 0.25) is 0 Å². The molecule has 8 nitrogen and oxygen atoms in total. The van der Waals surface area contributed by atoms with Crippen molar-refractivity contribution in [2.24, 2.45) is 0 Å². The molecule has 0 aliphatic heterocycles. The van der Waals surface area contributed by atoms with Crippen LogP contribution < -0.4 is 11.2 Å². The van der Waals surface area contributed by atoms with Gasteiger partial charge >= 0.3 is 11.7 Å². The Kier molecular flexibility index (Phi) is 7.34. The zero-order valence-corrected chi connectivity index (χ0v) is 16.0. The Morgan fingerprint density at radius 2 is 1.93 bits per heavy atom. The van der Waals surface area contributed by atoms with Crippen molar-refractivity contribution in [3.8, 4) is 0 Å². The standard InChI is InChI=1S/C19H26N4O4/c1-4-7-9-10-15(24)27-13-14-20-17-16(22(14)11-6-3)18(25)21-19(26)23(17)12-8-5-2/h4,7,9-10H,5-6,8,11-13H2,1-3H3,(H,21,25,26). The van der Waals surface area contributed by atoms with Crippen LogP contribution in [-0.2, 0) is 29.2 Å². The van der Waals surface area contributed by atoms with Crippen LogP contribution in [0.25, 0.3) is 11.2 Å². The Morgan fingerprint density at radius 1 is 1.15 bits per heavy atom. The Morgan fingerprint density at radius 3 is 2.59 bits per heavy atom. The van der Waals surface area contributed by atoms with Crippen LogP contribution in [0, 0.1) is 0 Å². The van der Waals surface area contributed by atoms with E-state index in [0.717, 1.165) is 19.3 Å². The van der Waals surface area contributed by atoms with E-state index < -0.39 is 17.2 Å². The highest BCUT2D eigenvalue weighted by molar-refractivity contribution is 5.82. The number of carbonyl (C=O) groups excluding carboxylic acids is 1. The summed E-state index contributed by atoms with van der Waals surface area (Å²) in [6.07, 6.45) is 8.89. The van der Waals surface area contributed by atoms with E-state index in [1.54, 1.807) is 22.8 Å². The monoisotopic (exact) mass is 374 g/mol. The van der Waals surface area contributed by atoms with Crippen molar-refractivity contribution < 1.29 is 9.53 Å². The van der Waals surface area contributed by atoms with Crippen LogP contribution in [0.4, 0.5) is 0 Å². The molecule has 0 aromatic carbocycles. The smallest absolute Gasteiger partial charge is 0.331 e. The van der Waals surface area contributed by atoms with E-state index in [1.165, 1.54) is 10.6 Å². The number of hydrogen-bond donors (Lipinski definition) is 1. The number of fused-ring (bicyclic) bond motifs is 1. The van der Waals surface area contributed by atoms with Crippen molar-refractivity contribution in [2.45, 2.75) is 59.7 Å². The number of imidazole rings is 1. The fourth-order valence-electron chi connectivity index (χ4n) is 2.74. The first kappa shape index (κ1) is 20.4. The molecule has 0 saturated carbocycles. The predicted molar refractivity (Wildman–Crippen MR) is 104 cm³/mol. The minimum absolute atomic E-state index is 0.0743. The Bertz CT molecular complexity index is 962. The minimum Gasteiger partial charge on any atom is -0.454 e. The molecule has 2 aromatic heterocycles. The molecule has 0 aliphatic carbocycles. The van der Waals surface area contributed by atoms with E-state index in [0.29, 0.717) is 30.1 Å². The molecule has 2 aromatic rings. The van der Waals surface area contributed by atoms with Gasteiger partial charge < -0.3 is 9.30 Å². The summed E-state index contributed by atoms with van der Waals surface area (Å²) < 4.78 is 8.44. The van der Waals surface area contributed by atoms with E-state index in [1.807, 2.05) is 20.8 Å². The molecule has 0 saturated heterocycles. The quantitative estimate of drug-likeness (QED) is 0.412. The fraction of sp³-hybridized carbons (Fsp3) is 0.474. The molecule has 0 unspecified atom stereocenters. The third-order valence-corrected chi connectivity index (χ3v) is 4.03. The number of aromatic nitrogens is 4. The van der Waals surface area contributed by atoms with Gasteiger partial charge in [0.1, 0.15) is 12.4 Å². The number of unbranched alkanes of at least 4 members (excludes halogenated alkanes) is 1. The summed E-state index contributed by atoms with van der Waals surface area (Å²) in [6, 6.07) is 0. The molecule has 0 radical (unpaired) electrons. The van der Waals surface area contributed by atoms with Crippen molar-refractivity contribution in [3.63, 3.8) is 0 Å². The number of aromatic amines is 1. The Labute approximate surface area is 157 Å². The average Bonchev–Trinajstić information content (AvgIpc) is 2.99. The van der Waals surface area contributed by atoms with Gasteiger partial charge in [0, 0.05) is 19.2 Å². The lowest BCUT2D eigenvalue weighted by Gasteiger charge is -2.07. The second-order valence-corrected chi connectivity index (χ2v) is 6.11. The molecular formula is C19H26N4O4. The van der Waals surface area contributed by atoms with Gasteiger partial charge in [-0.15, -0.1) is 0 Å². The zero-order valence-electron chi connectivity index (χ0n) is 16.0. The second-order valence-electron chi connectivity index (χ2n) is 6.11. The SMILES string of the molecule is CC=CC=CC(=O)OCc1nc2c(c(=O)[nH]c(=O)n2CCCC)n1CCC. The molecule has 1 N–H and O–H groups in total. The van der Waals surface area contributed by atoms with Crippen LogP contribution in [0.15, 0.2) is 33.9 Å². The van der Waals surface area contributed by atoms with E-state index in [9.17, 15) is 14.4 Å². The molecule has 0 bridgehead atoms. The number of rotatable bonds is 9. The van der Waals surface area contributed by atoms with Crippen molar-refractivity contribution in [2.75, 3.05) is 0 Å². The summed E-state index contributed by atoms with van der Waals surface area (Å²) in [4.78, 5) is 43.2. The average molecular weight is 374 g/mol. The normalized spacial score (nSPS) is 11.8. The van der Waals surface area contributed by atoms with Gasteiger partial charge in [-0.05, 0) is 19.8 Å². The maximum Gasteiger partial charge on any atom is 0.331 e. The van der Waals surface area contributed by atoms with Gasteiger partial charge in [0.15, 0.2) is 11.2 Å². The number of ether oxygens (including phenoxy) is 1. The maximum atomic E-state index is 12.4. The first-order chi connectivity index (χ1) is 13.0.